The third kappa shape index (κ3) is 3.66. The van der Waals surface area contributed by atoms with Crippen molar-refractivity contribution in [2.75, 3.05) is 26.2 Å². The molecule has 0 atom stereocenters. The summed E-state index contributed by atoms with van der Waals surface area (Å²) in [5.41, 5.74) is 0.653. The van der Waals surface area contributed by atoms with Gasteiger partial charge in [-0.25, -0.2) is 4.39 Å². The molecular formula is C15H17FN2O2. The van der Waals surface area contributed by atoms with Gasteiger partial charge < -0.3 is 9.80 Å². The van der Waals surface area contributed by atoms with Crippen molar-refractivity contribution in [3.63, 3.8) is 0 Å². The van der Waals surface area contributed by atoms with Gasteiger partial charge in [0.2, 0.25) is 11.8 Å². The molecular weight excluding hydrogens is 259 g/mol. The van der Waals surface area contributed by atoms with Gasteiger partial charge in [-0.2, -0.15) is 0 Å². The summed E-state index contributed by atoms with van der Waals surface area (Å²) in [6.45, 7) is 3.73. The highest BCUT2D eigenvalue weighted by Gasteiger charge is 2.20. The van der Waals surface area contributed by atoms with E-state index in [9.17, 15) is 14.0 Å². The minimum absolute atomic E-state index is 0.0346. The summed E-state index contributed by atoms with van der Waals surface area (Å²) in [5.74, 6) is -0.403. The molecule has 4 nitrogen and oxygen atoms in total. The fourth-order valence-corrected chi connectivity index (χ4v) is 2.12. The Kier molecular flexibility index (Phi) is 4.50. The molecule has 0 aromatic heterocycles. The number of piperazine rings is 1. The van der Waals surface area contributed by atoms with Crippen LogP contribution in [0.5, 0.6) is 0 Å². The van der Waals surface area contributed by atoms with Crippen LogP contribution in [0.25, 0.3) is 6.08 Å². The van der Waals surface area contributed by atoms with Crippen molar-refractivity contribution in [3.8, 4) is 0 Å². The molecule has 0 bridgehead atoms. The van der Waals surface area contributed by atoms with E-state index in [1.807, 2.05) is 0 Å². The zero-order valence-corrected chi connectivity index (χ0v) is 11.4. The van der Waals surface area contributed by atoms with Gasteiger partial charge in [0.25, 0.3) is 0 Å². The summed E-state index contributed by atoms with van der Waals surface area (Å²) < 4.78 is 13.0. The van der Waals surface area contributed by atoms with Crippen LogP contribution in [0, 0.1) is 5.82 Å². The quantitative estimate of drug-likeness (QED) is 0.769. The van der Waals surface area contributed by atoms with Gasteiger partial charge in [0, 0.05) is 39.2 Å². The fourth-order valence-electron chi connectivity index (χ4n) is 2.12. The largest absolute Gasteiger partial charge is 0.339 e. The van der Waals surface area contributed by atoms with Gasteiger partial charge in [0.1, 0.15) is 5.82 Å². The number of halogens is 1. The Balaban J connectivity index is 1.91. The lowest BCUT2D eigenvalue weighted by Crippen LogP contribution is -2.49. The lowest BCUT2D eigenvalue weighted by atomic mass is 10.2. The number of benzene rings is 1. The molecule has 2 rings (SSSR count). The van der Waals surface area contributed by atoms with Crippen molar-refractivity contribution in [3.05, 3.63) is 41.7 Å². The molecule has 106 valence electrons. The molecule has 1 heterocycles. The Morgan fingerprint density at radius 3 is 2.40 bits per heavy atom. The van der Waals surface area contributed by atoms with Gasteiger partial charge >= 0.3 is 0 Å². The lowest BCUT2D eigenvalue weighted by Gasteiger charge is -2.33. The van der Waals surface area contributed by atoms with Crippen molar-refractivity contribution in [1.82, 2.24) is 9.80 Å². The molecule has 5 heteroatoms. The summed E-state index contributed by atoms with van der Waals surface area (Å²) in [6.07, 6.45) is 3.04. The normalized spacial score (nSPS) is 15.7. The molecule has 1 aliphatic heterocycles. The topological polar surface area (TPSA) is 40.6 Å². The number of rotatable bonds is 2. The molecule has 1 aliphatic rings. The van der Waals surface area contributed by atoms with E-state index in [0.29, 0.717) is 31.7 Å². The number of hydrogen-bond donors (Lipinski definition) is 0. The first-order chi connectivity index (χ1) is 9.56. The second-order valence-electron chi connectivity index (χ2n) is 4.72. The maximum absolute atomic E-state index is 13.0. The van der Waals surface area contributed by atoms with E-state index in [1.165, 1.54) is 25.1 Å². The molecule has 0 radical (unpaired) electrons. The highest BCUT2D eigenvalue weighted by molar-refractivity contribution is 5.92. The molecule has 1 aromatic rings. The van der Waals surface area contributed by atoms with E-state index < -0.39 is 0 Å². The van der Waals surface area contributed by atoms with Crippen molar-refractivity contribution in [2.24, 2.45) is 0 Å². The predicted octanol–water partition coefficient (Wildman–Crippen LogP) is 1.53. The van der Waals surface area contributed by atoms with Crippen LogP contribution < -0.4 is 0 Å². The number of nitrogens with zero attached hydrogens (tertiary/aromatic N) is 2. The molecule has 1 fully saturated rings. The van der Waals surface area contributed by atoms with E-state index in [0.717, 1.165) is 0 Å². The van der Waals surface area contributed by atoms with Crippen LogP contribution in [0.1, 0.15) is 12.5 Å². The lowest BCUT2D eigenvalue weighted by molar-refractivity contribution is -0.135. The summed E-state index contributed by atoms with van der Waals surface area (Å²) in [4.78, 5) is 26.6. The zero-order valence-electron chi connectivity index (χ0n) is 11.4. The molecule has 0 unspecified atom stereocenters. The van der Waals surface area contributed by atoms with E-state index in [2.05, 4.69) is 0 Å². The van der Waals surface area contributed by atoms with Gasteiger partial charge in [-0.15, -0.1) is 0 Å². The maximum Gasteiger partial charge on any atom is 0.246 e. The van der Waals surface area contributed by atoms with Gasteiger partial charge in [0.05, 0.1) is 0 Å². The first-order valence-corrected chi connectivity index (χ1v) is 6.54. The van der Waals surface area contributed by atoms with Crippen LogP contribution in [-0.2, 0) is 9.59 Å². The Bertz CT molecular complexity index is 534. The Labute approximate surface area is 117 Å². The van der Waals surface area contributed by atoms with Crippen LogP contribution in [0.4, 0.5) is 4.39 Å². The summed E-state index contributed by atoms with van der Waals surface area (Å²) >= 11 is 0. The van der Waals surface area contributed by atoms with E-state index in [4.69, 9.17) is 0 Å². The average molecular weight is 276 g/mol. The first-order valence-electron chi connectivity index (χ1n) is 6.54. The highest BCUT2D eigenvalue weighted by Crippen LogP contribution is 2.07. The Morgan fingerprint density at radius 2 is 1.80 bits per heavy atom. The van der Waals surface area contributed by atoms with Crippen molar-refractivity contribution >= 4 is 17.9 Å². The van der Waals surface area contributed by atoms with E-state index in [1.54, 1.807) is 28.0 Å². The van der Waals surface area contributed by atoms with E-state index >= 15 is 0 Å². The highest BCUT2D eigenvalue weighted by atomic mass is 19.1. The Hall–Kier alpha value is -2.17. The minimum Gasteiger partial charge on any atom is -0.339 e. The van der Waals surface area contributed by atoms with Crippen LogP contribution in [0.15, 0.2) is 30.3 Å². The monoisotopic (exact) mass is 276 g/mol. The fraction of sp³-hybridized carbons (Fsp3) is 0.333. The van der Waals surface area contributed by atoms with Crippen molar-refractivity contribution in [2.45, 2.75) is 6.92 Å². The van der Waals surface area contributed by atoms with Crippen molar-refractivity contribution in [1.29, 1.82) is 0 Å². The summed E-state index contributed by atoms with van der Waals surface area (Å²) in [5, 5.41) is 0. The average Bonchev–Trinajstić information content (AvgIpc) is 2.45. The standard InChI is InChI=1S/C15H17FN2O2/c1-12(19)17-7-9-18(10-8-17)15(20)6-5-13-3-2-4-14(16)11-13/h2-6,11H,7-10H2,1H3/b6-5-. The molecule has 1 aromatic carbocycles. The molecule has 20 heavy (non-hydrogen) atoms. The Morgan fingerprint density at radius 1 is 1.15 bits per heavy atom. The SMILES string of the molecule is CC(=O)N1CCN(C(=O)/C=C\c2cccc(F)c2)CC1. The van der Waals surface area contributed by atoms with Crippen molar-refractivity contribution < 1.29 is 14.0 Å². The second kappa shape index (κ2) is 6.32. The molecule has 2 amide bonds. The molecule has 0 N–H and O–H groups in total. The first kappa shape index (κ1) is 14.2. The van der Waals surface area contributed by atoms with E-state index in [-0.39, 0.29) is 17.6 Å². The third-order valence-corrected chi connectivity index (χ3v) is 3.30. The van der Waals surface area contributed by atoms with Gasteiger partial charge in [-0.1, -0.05) is 12.1 Å². The maximum atomic E-state index is 13.0. The van der Waals surface area contributed by atoms with Crippen LogP contribution in [0.3, 0.4) is 0 Å². The number of amides is 2. The minimum atomic E-state index is -0.324. The molecule has 0 spiro atoms. The second-order valence-corrected chi connectivity index (χ2v) is 4.72. The number of carbonyl (C=O) groups excluding carboxylic acids is 2. The van der Waals surface area contributed by atoms with Crippen LogP contribution in [0.2, 0.25) is 0 Å². The molecule has 0 saturated carbocycles. The van der Waals surface area contributed by atoms with Gasteiger partial charge in [-0.3, -0.25) is 9.59 Å². The van der Waals surface area contributed by atoms with Gasteiger partial charge in [0.15, 0.2) is 0 Å². The third-order valence-electron chi connectivity index (χ3n) is 3.30. The summed E-state index contributed by atoms with van der Waals surface area (Å²) in [6, 6.07) is 6.07. The van der Waals surface area contributed by atoms with Crippen LogP contribution >= 0.6 is 0 Å². The van der Waals surface area contributed by atoms with Gasteiger partial charge in [-0.05, 0) is 23.8 Å². The van der Waals surface area contributed by atoms with Crippen LogP contribution in [-0.4, -0.2) is 47.8 Å². The number of hydrogen-bond acceptors (Lipinski definition) is 2. The number of carbonyl (C=O) groups is 2. The molecule has 0 aliphatic carbocycles. The smallest absolute Gasteiger partial charge is 0.246 e. The predicted molar refractivity (Wildman–Crippen MR) is 74.3 cm³/mol. The zero-order chi connectivity index (χ0) is 14.5. The summed E-state index contributed by atoms with van der Waals surface area (Å²) in [7, 11) is 0. The molecule has 1 saturated heterocycles.